The van der Waals surface area contributed by atoms with E-state index in [4.69, 9.17) is 16.3 Å². The average molecular weight is 372 g/mol. The molecule has 2 aromatic rings. The van der Waals surface area contributed by atoms with Crippen LogP contribution >= 0.6 is 11.6 Å². The highest BCUT2D eigenvalue weighted by molar-refractivity contribution is 7.85. The molecule has 1 aliphatic heterocycles. The monoisotopic (exact) mass is 371 g/mol. The Morgan fingerprint density at radius 3 is 2.92 bits per heavy atom. The van der Waals surface area contributed by atoms with E-state index in [1.165, 1.54) is 0 Å². The Labute approximate surface area is 146 Å². The molecule has 128 valence electrons. The summed E-state index contributed by atoms with van der Waals surface area (Å²) in [6.45, 7) is 0.634. The number of hydrogen-bond acceptors (Lipinski definition) is 3. The van der Waals surface area contributed by atoms with Crippen molar-refractivity contribution in [3.8, 4) is 5.75 Å². The maximum atomic E-state index is 13.5. The maximum Gasteiger partial charge on any atom is 0.165 e. The lowest BCUT2D eigenvalue weighted by Gasteiger charge is -2.26. The average Bonchev–Trinajstić information content (AvgIpc) is 2.56. The maximum absolute atomic E-state index is 13.5. The first-order chi connectivity index (χ1) is 11.5. The van der Waals surface area contributed by atoms with Gasteiger partial charge in [0, 0.05) is 34.3 Å². The smallest absolute Gasteiger partial charge is 0.165 e. The summed E-state index contributed by atoms with van der Waals surface area (Å²) in [7, 11) is -1.01. The third-order valence-electron chi connectivity index (χ3n) is 3.83. The molecular formula is C17H16ClF2NO2S. The van der Waals surface area contributed by atoms with Gasteiger partial charge in [0.1, 0.15) is 12.4 Å². The molecule has 0 amide bonds. The Morgan fingerprint density at radius 1 is 1.25 bits per heavy atom. The molecule has 0 aliphatic carbocycles. The Morgan fingerprint density at radius 2 is 2.08 bits per heavy atom. The second kappa shape index (κ2) is 7.59. The van der Waals surface area contributed by atoms with Crippen LogP contribution in [0.5, 0.6) is 5.75 Å². The van der Waals surface area contributed by atoms with Gasteiger partial charge in [-0.2, -0.15) is 0 Å². The summed E-state index contributed by atoms with van der Waals surface area (Å²) in [4.78, 5) is 0.792. The first-order valence-electron chi connectivity index (χ1n) is 7.53. The van der Waals surface area contributed by atoms with Crippen molar-refractivity contribution in [1.82, 2.24) is 5.32 Å². The molecule has 3 rings (SSSR count). The lowest BCUT2D eigenvalue weighted by atomic mass is 10.0. The first kappa shape index (κ1) is 17.3. The molecule has 1 heterocycles. The molecular weight excluding hydrogens is 356 g/mol. The van der Waals surface area contributed by atoms with Crippen molar-refractivity contribution in [3.63, 3.8) is 0 Å². The molecule has 2 aromatic carbocycles. The van der Waals surface area contributed by atoms with E-state index in [0.29, 0.717) is 23.7 Å². The number of halogens is 3. The van der Waals surface area contributed by atoms with Gasteiger partial charge in [-0.05, 0) is 42.3 Å². The summed E-state index contributed by atoms with van der Waals surface area (Å²) in [5.41, 5.74) is 0.920. The lowest BCUT2D eigenvalue weighted by Crippen LogP contribution is -2.30. The van der Waals surface area contributed by atoms with Gasteiger partial charge in [-0.1, -0.05) is 11.6 Å². The van der Waals surface area contributed by atoms with Crippen LogP contribution in [-0.2, 0) is 10.8 Å². The molecule has 24 heavy (non-hydrogen) atoms. The van der Waals surface area contributed by atoms with Crippen LogP contribution in [0, 0.1) is 11.6 Å². The third kappa shape index (κ3) is 3.94. The lowest BCUT2D eigenvalue weighted by molar-refractivity contribution is 0.288. The van der Waals surface area contributed by atoms with Gasteiger partial charge in [0.2, 0.25) is 0 Å². The van der Waals surface area contributed by atoms with E-state index in [1.807, 2.05) is 6.07 Å². The fourth-order valence-electron chi connectivity index (χ4n) is 2.68. The van der Waals surface area contributed by atoms with Crippen LogP contribution in [0.15, 0.2) is 41.3 Å². The molecule has 0 saturated heterocycles. The molecule has 3 nitrogen and oxygen atoms in total. The largest absolute Gasteiger partial charge is 0.489 e. The highest BCUT2D eigenvalue weighted by Crippen LogP contribution is 2.32. The Hall–Kier alpha value is -1.50. The van der Waals surface area contributed by atoms with E-state index in [0.717, 1.165) is 28.7 Å². The highest BCUT2D eigenvalue weighted by Gasteiger charge is 2.24. The van der Waals surface area contributed by atoms with Crippen molar-refractivity contribution in [2.24, 2.45) is 0 Å². The second-order valence-corrected chi connectivity index (χ2v) is 7.43. The number of hydrogen-bond donors (Lipinski definition) is 1. The summed E-state index contributed by atoms with van der Waals surface area (Å²) in [5, 5.41) is 3.89. The topological polar surface area (TPSA) is 38.3 Å². The zero-order chi connectivity index (χ0) is 17.1. The van der Waals surface area contributed by atoms with Crippen molar-refractivity contribution in [1.29, 1.82) is 0 Å². The van der Waals surface area contributed by atoms with Crippen molar-refractivity contribution in [2.75, 3.05) is 18.9 Å². The van der Waals surface area contributed by atoms with Gasteiger partial charge in [0.15, 0.2) is 11.6 Å². The molecule has 0 aromatic heterocycles. The van der Waals surface area contributed by atoms with Crippen molar-refractivity contribution < 1.29 is 17.7 Å². The van der Waals surface area contributed by atoms with Crippen LogP contribution in [0.2, 0.25) is 5.02 Å². The Balaban J connectivity index is 1.60. The van der Waals surface area contributed by atoms with Crippen molar-refractivity contribution in [3.05, 3.63) is 58.6 Å². The fourth-order valence-corrected chi connectivity index (χ4v) is 4.22. The zero-order valence-electron chi connectivity index (χ0n) is 12.7. The molecule has 2 atom stereocenters. The third-order valence-corrected chi connectivity index (χ3v) is 5.53. The first-order valence-corrected chi connectivity index (χ1v) is 9.23. The van der Waals surface area contributed by atoms with Crippen molar-refractivity contribution >= 4 is 22.4 Å². The van der Waals surface area contributed by atoms with E-state index in [9.17, 15) is 13.0 Å². The number of nitrogens with one attached hydrogen (secondary N) is 1. The van der Waals surface area contributed by atoms with Crippen LogP contribution in [0.4, 0.5) is 8.78 Å². The molecule has 1 N–H and O–H groups in total. The Bertz CT molecular complexity index is 772. The molecule has 7 heteroatoms. The standard InChI is InChI=1S/C17H16ClF2NO2S/c18-11-1-4-17-13(9-11)15(5-8-24(17)22)21-6-7-23-16-10-12(19)2-3-14(16)20/h1-4,9-10,15,21H,5-8H2. The van der Waals surface area contributed by atoms with Gasteiger partial charge in [-0.3, -0.25) is 4.21 Å². The predicted octanol–water partition coefficient (Wildman–Crippen LogP) is 3.84. The molecule has 0 bridgehead atoms. The Kier molecular flexibility index (Phi) is 5.48. The van der Waals surface area contributed by atoms with Crippen LogP contribution < -0.4 is 10.1 Å². The predicted molar refractivity (Wildman–Crippen MR) is 89.9 cm³/mol. The van der Waals surface area contributed by atoms with Crippen LogP contribution in [0.3, 0.4) is 0 Å². The molecule has 0 spiro atoms. The number of fused-ring (bicyclic) bond motifs is 1. The molecule has 1 aliphatic rings. The summed E-state index contributed by atoms with van der Waals surface area (Å²) < 4.78 is 43.9. The highest BCUT2D eigenvalue weighted by atomic mass is 35.5. The summed E-state index contributed by atoms with van der Waals surface area (Å²) in [5.74, 6) is -0.671. The summed E-state index contributed by atoms with van der Waals surface area (Å²) >= 11 is 6.03. The SMILES string of the molecule is O=S1CCC(NCCOc2cc(F)ccc2F)c2cc(Cl)ccc21. The van der Waals surface area contributed by atoms with E-state index in [2.05, 4.69) is 5.32 Å². The molecule has 0 fully saturated rings. The molecule has 2 unspecified atom stereocenters. The minimum absolute atomic E-state index is 0.0114. The zero-order valence-corrected chi connectivity index (χ0v) is 14.3. The second-order valence-electron chi connectivity index (χ2n) is 5.45. The van der Waals surface area contributed by atoms with E-state index >= 15 is 0 Å². The quantitative estimate of drug-likeness (QED) is 0.811. The van der Waals surface area contributed by atoms with Gasteiger partial charge in [-0.15, -0.1) is 0 Å². The van der Waals surface area contributed by atoms with Gasteiger partial charge >= 0.3 is 0 Å². The molecule has 0 radical (unpaired) electrons. The van der Waals surface area contributed by atoms with Gasteiger partial charge in [-0.25, -0.2) is 8.78 Å². The minimum Gasteiger partial charge on any atom is -0.489 e. The normalized spacial score (nSPS) is 19.8. The summed E-state index contributed by atoms with van der Waals surface area (Å²) in [6.07, 6.45) is 0.717. The fraction of sp³-hybridized carbons (Fsp3) is 0.294. The summed E-state index contributed by atoms with van der Waals surface area (Å²) in [6, 6.07) is 8.46. The molecule has 0 saturated carbocycles. The van der Waals surface area contributed by atoms with E-state index in [-0.39, 0.29) is 18.4 Å². The number of benzene rings is 2. The minimum atomic E-state index is -1.01. The van der Waals surface area contributed by atoms with E-state index < -0.39 is 22.4 Å². The van der Waals surface area contributed by atoms with Gasteiger partial charge in [0.25, 0.3) is 0 Å². The van der Waals surface area contributed by atoms with Crippen LogP contribution in [0.1, 0.15) is 18.0 Å². The van der Waals surface area contributed by atoms with Crippen LogP contribution in [-0.4, -0.2) is 23.1 Å². The van der Waals surface area contributed by atoms with Gasteiger partial charge < -0.3 is 10.1 Å². The number of rotatable bonds is 5. The van der Waals surface area contributed by atoms with Crippen molar-refractivity contribution in [2.45, 2.75) is 17.4 Å². The van der Waals surface area contributed by atoms with E-state index in [1.54, 1.807) is 12.1 Å². The van der Waals surface area contributed by atoms with Crippen LogP contribution in [0.25, 0.3) is 0 Å². The number of ether oxygens (including phenoxy) is 1. The van der Waals surface area contributed by atoms with Gasteiger partial charge in [0.05, 0.1) is 10.8 Å².